The largest absolute Gasteiger partial charge is 0.461 e. The van der Waals surface area contributed by atoms with Crippen LogP contribution in [0.25, 0.3) is 0 Å². The minimum Gasteiger partial charge on any atom is -0.461 e. The molecular formula is C12H18N2O4. The van der Waals surface area contributed by atoms with E-state index in [1.165, 1.54) is 0 Å². The van der Waals surface area contributed by atoms with E-state index in [1.807, 2.05) is 6.92 Å². The monoisotopic (exact) mass is 254 g/mol. The maximum atomic E-state index is 11.6. The quantitative estimate of drug-likeness (QED) is 0.823. The van der Waals surface area contributed by atoms with Crippen molar-refractivity contribution in [2.24, 2.45) is 0 Å². The van der Waals surface area contributed by atoms with Crippen LogP contribution in [0.2, 0.25) is 0 Å². The normalized spacial score (nSPS) is 23.2. The molecular weight excluding hydrogens is 236 g/mol. The van der Waals surface area contributed by atoms with Gasteiger partial charge in [0.1, 0.15) is 0 Å². The van der Waals surface area contributed by atoms with Gasteiger partial charge in [-0.05, 0) is 19.8 Å². The van der Waals surface area contributed by atoms with E-state index in [2.05, 4.69) is 4.98 Å². The second-order valence-electron chi connectivity index (χ2n) is 4.20. The van der Waals surface area contributed by atoms with Gasteiger partial charge < -0.3 is 19.6 Å². The van der Waals surface area contributed by atoms with Crippen LogP contribution in [0, 0.1) is 0 Å². The van der Waals surface area contributed by atoms with Gasteiger partial charge in [-0.25, -0.2) is 9.78 Å². The Hall–Kier alpha value is -1.56. The molecule has 1 fully saturated rings. The first kappa shape index (κ1) is 12.9. The highest BCUT2D eigenvalue weighted by atomic mass is 16.5. The van der Waals surface area contributed by atoms with E-state index in [0.717, 1.165) is 12.8 Å². The van der Waals surface area contributed by atoms with Crippen LogP contribution < -0.4 is 5.73 Å². The average Bonchev–Trinajstić information content (AvgIpc) is 2.94. The summed E-state index contributed by atoms with van der Waals surface area (Å²) in [6.45, 7) is 4.74. The van der Waals surface area contributed by atoms with Crippen molar-refractivity contribution >= 4 is 11.9 Å². The van der Waals surface area contributed by atoms with Gasteiger partial charge in [0.2, 0.25) is 17.5 Å². The van der Waals surface area contributed by atoms with Crippen molar-refractivity contribution in [1.29, 1.82) is 0 Å². The van der Waals surface area contributed by atoms with Gasteiger partial charge in [-0.15, -0.1) is 0 Å². The van der Waals surface area contributed by atoms with Crippen LogP contribution in [0.5, 0.6) is 0 Å². The Morgan fingerprint density at radius 1 is 1.56 bits per heavy atom. The number of esters is 1. The lowest BCUT2D eigenvalue weighted by molar-refractivity contribution is 0.0520. The molecule has 0 aliphatic carbocycles. The van der Waals surface area contributed by atoms with Crippen LogP contribution in [0.4, 0.5) is 5.88 Å². The number of nitrogen functional groups attached to an aromatic ring is 1. The molecule has 0 aromatic carbocycles. The third-order valence-corrected chi connectivity index (χ3v) is 3.07. The van der Waals surface area contributed by atoms with Crippen molar-refractivity contribution in [3.63, 3.8) is 0 Å². The smallest absolute Gasteiger partial charge is 0.362 e. The van der Waals surface area contributed by atoms with E-state index in [0.29, 0.717) is 12.5 Å². The van der Waals surface area contributed by atoms with Crippen LogP contribution in [-0.2, 0) is 9.47 Å². The first-order valence-corrected chi connectivity index (χ1v) is 6.22. The summed E-state index contributed by atoms with van der Waals surface area (Å²) in [6.07, 6.45) is 1.79. The first-order chi connectivity index (χ1) is 8.67. The summed E-state index contributed by atoms with van der Waals surface area (Å²) in [5, 5.41) is 0. The van der Waals surface area contributed by atoms with Crippen LogP contribution in [0.3, 0.4) is 0 Å². The summed E-state index contributed by atoms with van der Waals surface area (Å²) in [5.41, 5.74) is 5.72. The molecule has 0 amide bonds. The van der Waals surface area contributed by atoms with Crippen molar-refractivity contribution in [3.05, 3.63) is 11.6 Å². The van der Waals surface area contributed by atoms with E-state index >= 15 is 0 Å². The number of rotatable bonds is 4. The lowest BCUT2D eigenvalue weighted by Gasteiger charge is -2.12. The Morgan fingerprint density at radius 2 is 2.33 bits per heavy atom. The molecule has 1 aromatic rings. The van der Waals surface area contributed by atoms with Crippen LogP contribution in [-0.4, -0.2) is 30.3 Å². The van der Waals surface area contributed by atoms with Crippen molar-refractivity contribution in [1.82, 2.24) is 4.98 Å². The number of anilines is 1. The molecule has 6 nitrogen and oxygen atoms in total. The zero-order valence-electron chi connectivity index (χ0n) is 10.6. The van der Waals surface area contributed by atoms with Crippen molar-refractivity contribution in [2.45, 2.75) is 38.7 Å². The fraction of sp³-hybridized carbons (Fsp3) is 0.667. The molecule has 1 aliphatic heterocycles. The SMILES string of the molecule is CCOC(=O)c1nc(C2CCOC2CC)oc1N. The van der Waals surface area contributed by atoms with Gasteiger partial charge in [-0.2, -0.15) is 0 Å². The summed E-state index contributed by atoms with van der Waals surface area (Å²) >= 11 is 0. The maximum Gasteiger partial charge on any atom is 0.362 e. The molecule has 0 saturated carbocycles. The van der Waals surface area contributed by atoms with Crippen molar-refractivity contribution < 1.29 is 18.7 Å². The number of carbonyl (C=O) groups excluding carboxylic acids is 1. The average molecular weight is 254 g/mol. The summed E-state index contributed by atoms with van der Waals surface area (Å²) in [4.78, 5) is 15.8. The molecule has 2 rings (SSSR count). The van der Waals surface area contributed by atoms with Crippen LogP contribution in [0.15, 0.2) is 4.42 Å². The summed E-state index contributed by atoms with van der Waals surface area (Å²) < 4.78 is 15.8. The van der Waals surface area contributed by atoms with Crippen LogP contribution in [0.1, 0.15) is 49.0 Å². The van der Waals surface area contributed by atoms with Gasteiger partial charge in [0, 0.05) is 6.61 Å². The Bertz CT molecular complexity index is 430. The first-order valence-electron chi connectivity index (χ1n) is 6.22. The number of hydrogen-bond donors (Lipinski definition) is 1. The van der Waals surface area contributed by atoms with E-state index in [4.69, 9.17) is 19.6 Å². The Morgan fingerprint density at radius 3 is 3.00 bits per heavy atom. The van der Waals surface area contributed by atoms with Gasteiger partial charge in [-0.1, -0.05) is 6.92 Å². The number of nitrogens with two attached hydrogens (primary N) is 1. The van der Waals surface area contributed by atoms with Crippen molar-refractivity contribution in [3.8, 4) is 0 Å². The molecule has 1 aromatic heterocycles. The van der Waals surface area contributed by atoms with Gasteiger partial charge in [0.15, 0.2) is 0 Å². The molecule has 1 saturated heterocycles. The number of oxazole rings is 1. The van der Waals surface area contributed by atoms with E-state index < -0.39 is 5.97 Å². The molecule has 2 N–H and O–H groups in total. The summed E-state index contributed by atoms with van der Waals surface area (Å²) in [5.74, 6) is 0.0162. The minimum absolute atomic E-state index is 0.0187. The topological polar surface area (TPSA) is 87.6 Å². The highest BCUT2D eigenvalue weighted by molar-refractivity contribution is 5.91. The lowest BCUT2D eigenvalue weighted by Crippen LogP contribution is -2.13. The molecule has 0 radical (unpaired) electrons. The number of nitrogens with zero attached hydrogens (tertiary/aromatic N) is 1. The predicted octanol–water partition coefficient (Wildman–Crippen LogP) is 1.72. The zero-order valence-corrected chi connectivity index (χ0v) is 10.6. The second-order valence-corrected chi connectivity index (χ2v) is 4.20. The van der Waals surface area contributed by atoms with E-state index in [-0.39, 0.29) is 30.2 Å². The molecule has 0 bridgehead atoms. The fourth-order valence-corrected chi connectivity index (χ4v) is 2.19. The highest BCUT2D eigenvalue weighted by Crippen LogP contribution is 2.34. The van der Waals surface area contributed by atoms with Crippen LogP contribution >= 0.6 is 0 Å². The van der Waals surface area contributed by atoms with Gasteiger partial charge in [0.05, 0.1) is 18.6 Å². The number of hydrogen-bond acceptors (Lipinski definition) is 6. The van der Waals surface area contributed by atoms with Gasteiger partial charge >= 0.3 is 5.97 Å². The Kier molecular flexibility index (Phi) is 3.86. The van der Waals surface area contributed by atoms with Crippen molar-refractivity contribution in [2.75, 3.05) is 18.9 Å². The second kappa shape index (κ2) is 5.39. The molecule has 2 heterocycles. The molecule has 100 valence electrons. The molecule has 2 unspecified atom stereocenters. The molecule has 2 atom stereocenters. The minimum atomic E-state index is -0.544. The third kappa shape index (κ3) is 2.33. The Balaban J connectivity index is 2.20. The standard InChI is InChI=1S/C12H18N2O4/c1-3-8-7(5-6-17-8)11-14-9(10(13)18-11)12(15)16-4-2/h7-8H,3-6,13H2,1-2H3. The number of carbonyl (C=O) groups is 1. The molecule has 1 aliphatic rings. The molecule has 0 spiro atoms. The maximum absolute atomic E-state index is 11.6. The highest BCUT2D eigenvalue weighted by Gasteiger charge is 2.33. The fourth-order valence-electron chi connectivity index (χ4n) is 2.19. The predicted molar refractivity (Wildman–Crippen MR) is 64.3 cm³/mol. The molecule has 6 heteroatoms. The van der Waals surface area contributed by atoms with Gasteiger partial charge in [-0.3, -0.25) is 0 Å². The lowest BCUT2D eigenvalue weighted by atomic mass is 10.00. The zero-order chi connectivity index (χ0) is 13.1. The van der Waals surface area contributed by atoms with E-state index in [1.54, 1.807) is 6.92 Å². The Labute approximate surface area is 105 Å². The number of aromatic nitrogens is 1. The molecule has 18 heavy (non-hydrogen) atoms. The third-order valence-electron chi connectivity index (χ3n) is 3.07. The van der Waals surface area contributed by atoms with Gasteiger partial charge in [0.25, 0.3) is 0 Å². The van der Waals surface area contributed by atoms with E-state index in [9.17, 15) is 4.79 Å². The summed E-state index contributed by atoms with van der Waals surface area (Å²) in [6, 6.07) is 0. The summed E-state index contributed by atoms with van der Waals surface area (Å²) in [7, 11) is 0. The number of ether oxygens (including phenoxy) is 2.